The highest BCUT2D eigenvalue weighted by molar-refractivity contribution is 5.86. The van der Waals surface area contributed by atoms with Gasteiger partial charge in [-0.05, 0) is 29.7 Å². The van der Waals surface area contributed by atoms with Gasteiger partial charge in [0.05, 0.1) is 12.1 Å². The molecule has 0 aliphatic heterocycles. The van der Waals surface area contributed by atoms with Crippen LogP contribution in [0, 0.1) is 6.92 Å². The lowest BCUT2D eigenvalue weighted by molar-refractivity contribution is -0.123. The molecule has 2 aromatic carbocycles. The van der Waals surface area contributed by atoms with Crippen LogP contribution in [0.25, 0.3) is 10.9 Å². The topological polar surface area (TPSA) is 54.3 Å². The lowest BCUT2D eigenvalue weighted by Gasteiger charge is -2.18. The van der Waals surface area contributed by atoms with Gasteiger partial charge in [-0.3, -0.25) is 4.79 Å². The summed E-state index contributed by atoms with van der Waals surface area (Å²) in [6.45, 7) is 2.30. The van der Waals surface area contributed by atoms with Crippen LogP contribution in [0.5, 0.6) is 0 Å². The zero-order chi connectivity index (χ0) is 16.7. The second-order valence-corrected chi connectivity index (χ2v) is 6.47. The Kier molecular flexibility index (Phi) is 3.62. The number of aliphatic hydroxyl groups is 1. The molecule has 1 aromatic heterocycles. The predicted octanol–water partition coefficient (Wildman–Crippen LogP) is 2.72. The third-order valence-corrected chi connectivity index (χ3v) is 4.82. The van der Waals surface area contributed by atoms with E-state index >= 15 is 0 Å². The van der Waals surface area contributed by atoms with Crippen molar-refractivity contribution < 1.29 is 9.90 Å². The molecule has 4 rings (SSSR count). The number of aromatic nitrogens is 1. The van der Waals surface area contributed by atoms with Crippen molar-refractivity contribution in [2.75, 3.05) is 0 Å². The van der Waals surface area contributed by atoms with Gasteiger partial charge in [0, 0.05) is 23.5 Å². The van der Waals surface area contributed by atoms with Crippen LogP contribution in [0.3, 0.4) is 0 Å². The summed E-state index contributed by atoms with van der Waals surface area (Å²) in [6, 6.07) is 15.6. The zero-order valence-electron chi connectivity index (χ0n) is 13.6. The molecular weight excluding hydrogens is 300 g/mol. The highest BCUT2D eigenvalue weighted by Gasteiger charge is 2.31. The zero-order valence-corrected chi connectivity index (χ0v) is 13.6. The number of aryl methyl sites for hydroxylation is 1. The van der Waals surface area contributed by atoms with Crippen molar-refractivity contribution in [2.45, 2.75) is 32.0 Å². The first-order valence-corrected chi connectivity index (χ1v) is 8.23. The van der Waals surface area contributed by atoms with Gasteiger partial charge in [0.1, 0.15) is 6.54 Å². The van der Waals surface area contributed by atoms with Crippen LogP contribution in [0.15, 0.2) is 54.7 Å². The molecule has 2 atom stereocenters. The summed E-state index contributed by atoms with van der Waals surface area (Å²) in [7, 11) is 0. The monoisotopic (exact) mass is 320 g/mol. The van der Waals surface area contributed by atoms with Gasteiger partial charge in [0.15, 0.2) is 0 Å². The van der Waals surface area contributed by atoms with Gasteiger partial charge in [0.25, 0.3) is 0 Å². The highest BCUT2D eigenvalue weighted by atomic mass is 16.3. The van der Waals surface area contributed by atoms with E-state index in [0.717, 1.165) is 27.6 Å². The molecule has 24 heavy (non-hydrogen) atoms. The smallest absolute Gasteiger partial charge is 0.240 e. The summed E-state index contributed by atoms with van der Waals surface area (Å²) in [6.07, 6.45) is 2.03. The largest absolute Gasteiger partial charge is 0.390 e. The number of aliphatic hydroxyl groups excluding tert-OH is 1. The lowest BCUT2D eigenvalue weighted by atomic mass is 10.1. The van der Waals surface area contributed by atoms with E-state index in [1.165, 1.54) is 0 Å². The van der Waals surface area contributed by atoms with E-state index in [4.69, 9.17) is 0 Å². The van der Waals surface area contributed by atoms with E-state index in [0.29, 0.717) is 6.42 Å². The molecule has 0 bridgehead atoms. The van der Waals surface area contributed by atoms with Crippen LogP contribution in [0.4, 0.5) is 0 Å². The first-order chi connectivity index (χ1) is 11.6. The molecule has 3 aromatic rings. The molecule has 0 unspecified atom stereocenters. The van der Waals surface area contributed by atoms with Gasteiger partial charge in [-0.25, -0.2) is 0 Å². The van der Waals surface area contributed by atoms with E-state index < -0.39 is 6.10 Å². The molecule has 122 valence electrons. The molecule has 1 amide bonds. The van der Waals surface area contributed by atoms with E-state index in [1.54, 1.807) is 0 Å². The van der Waals surface area contributed by atoms with Crippen LogP contribution in [0.1, 0.15) is 22.7 Å². The second-order valence-electron chi connectivity index (χ2n) is 6.47. The number of hydrogen-bond acceptors (Lipinski definition) is 2. The molecule has 1 aliphatic carbocycles. The number of hydrogen-bond donors (Lipinski definition) is 2. The third kappa shape index (κ3) is 2.49. The second kappa shape index (κ2) is 5.80. The number of carbonyl (C=O) groups is 1. The number of para-hydroxylation sites is 1. The van der Waals surface area contributed by atoms with Crippen LogP contribution < -0.4 is 5.32 Å². The summed E-state index contributed by atoms with van der Waals surface area (Å²) in [5, 5.41) is 14.4. The molecule has 1 aliphatic rings. The predicted molar refractivity (Wildman–Crippen MR) is 93.7 cm³/mol. The average Bonchev–Trinajstić information content (AvgIpc) is 3.06. The summed E-state index contributed by atoms with van der Waals surface area (Å²) in [5.41, 5.74) is 4.34. The highest BCUT2D eigenvalue weighted by Crippen LogP contribution is 2.31. The maximum absolute atomic E-state index is 12.5. The number of benzene rings is 2. The first kappa shape index (κ1) is 15.0. The molecule has 2 N–H and O–H groups in total. The van der Waals surface area contributed by atoms with Gasteiger partial charge in [-0.1, -0.05) is 42.5 Å². The first-order valence-electron chi connectivity index (χ1n) is 8.23. The van der Waals surface area contributed by atoms with E-state index in [2.05, 4.69) is 11.4 Å². The Morgan fingerprint density at radius 1 is 1.21 bits per heavy atom. The molecule has 0 saturated carbocycles. The SMILES string of the molecule is Cc1cn(CC(=O)N[C@H]2c3ccccc3C[C@H]2O)c2ccccc12. The summed E-state index contributed by atoms with van der Waals surface area (Å²) in [5.74, 6) is -0.0866. The Bertz CT molecular complexity index is 913. The molecule has 0 saturated heterocycles. The fourth-order valence-corrected chi connectivity index (χ4v) is 3.68. The maximum Gasteiger partial charge on any atom is 0.240 e. The number of rotatable bonds is 3. The van der Waals surface area contributed by atoms with E-state index in [-0.39, 0.29) is 18.5 Å². The van der Waals surface area contributed by atoms with Gasteiger partial charge in [-0.15, -0.1) is 0 Å². The quantitative estimate of drug-likeness (QED) is 0.779. The summed E-state index contributed by atoms with van der Waals surface area (Å²) >= 11 is 0. The Morgan fingerprint density at radius 2 is 1.96 bits per heavy atom. The Balaban J connectivity index is 1.55. The standard InChI is InChI=1S/C20H20N2O2/c1-13-11-22(17-9-5-4-7-15(13)17)12-19(24)21-20-16-8-3-2-6-14(16)10-18(20)23/h2-9,11,18,20,23H,10,12H2,1H3,(H,21,24)/t18-,20+/m1/s1. The molecule has 4 heteroatoms. The molecule has 0 radical (unpaired) electrons. The van der Waals surface area contributed by atoms with Crippen LogP contribution >= 0.6 is 0 Å². The molecule has 0 fully saturated rings. The Hall–Kier alpha value is -2.59. The number of fused-ring (bicyclic) bond motifs is 2. The molecular formula is C20H20N2O2. The molecule has 4 nitrogen and oxygen atoms in total. The number of nitrogens with zero attached hydrogens (tertiary/aromatic N) is 1. The Morgan fingerprint density at radius 3 is 2.83 bits per heavy atom. The Labute approximate surface area is 140 Å². The maximum atomic E-state index is 12.5. The van der Waals surface area contributed by atoms with Crippen molar-refractivity contribution in [3.63, 3.8) is 0 Å². The van der Waals surface area contributed by atoms with Gasteiger partial charge in [-0.2, -0.15) is 0 Å². The van der Waals surface area contributed by atoms with Crippen molar-refractivity contribution in [3.8, 4) is 0 Å². The van der Waals surface area contributed by atoms with E-state index in [1.807, 2.05) is 60.2 Å². The van der Waals surface area contributed by atoms with Crippen LogP contribution in [-0.4, -0.2) is 21.7 Å². The fraction of sp³-hybridized carbons (Fsp3) is 0.250. The number of amides is 1. The fourth-order valence-electron chi connectivity index (χ4n) is 3.68. The number of nitrogens with one attached hydrogen (secondary N) is 1. The van der Waals surface area contributed by atoms with Crippen molar-refractivity contribution in [1.82, 2.24) is 9.88 Å². The van der Waals surface area contributed by atoms with Crippen molar-refractivity contribution in [2.24, 2.45) is 0 Å². The van der Waals surface area contributed by atoms with Crippen LogP contribution in [0.2, 0.25) is 0 Å². The molecule has 1 heterocycles. The number of carbonyl (C=O) groups excluding carboxylic acids is 1. The average molecular weight is 320 g/mol. The van der Waals surface area contributed by atoms with Crippen molar-refractivity contribution >= 4 is 16.8 Å². The van der Waals surface area contributed by atoms with Gasteiger partial charge >= 0.3 is 0 Å². The van der Waals surface area contributed by atoms with Gasteiger partial charge in [0.2, 0.25) is 5.91 Å². The minimum Gasteiger partial charge on any atom is -0.390 e. The summed E-state index contributed by atoms with van der Waals surface area (Å²) in [4.78, 5) is 12.5. The lowest BCUT2D eigenvalue weighted by Crippen LogP contribution is -2.35. The van der Waals surface area contributed by atoms with Gasteiger partial charge < -0.3 is 15.0 Å². The minimum atomic E-state index is -0.561. The minimum absolute atomic E-state index is 0.0866. The van der Waals surface area contributed by atoms with Crippen LogP contribution in [-0.2, 0) is 17.8 Å². The van der Waals surface area contributed by atoms with Crippen molar-refractivity contribution in [3.05, 3.63) is 71.4 Å². The molecule has 0 spiro atoms. The normalized spacial score (nSPS) is 19.4. The van der Waals surface area contributed by atoms with E-state index in [9.17, 15) is 9.90 Å². The summed E-state index contributed by atoms with van der Waals surface area (Å²) < 4.78 is 1.97. The third-order valence-electron chi connectivity index (χ3n) is 4.82. The van der Waals surface area contributed by atoms with Crippen molar-refractivity contribution in [1.29, 1.82) is 0 Å².